The van der Waals surface area contributed by atoms with Crippen molar-refractivity contribution in [2.24, 2.45) is 5.92 Å². The molecule has 2 atom stereocenters. The standard InChI is InChI=1S/C15H20BrNOS/c16-11-8-12(19-10-11)9-17-7-2-1-5-14(17)13-4-3-6-15(13)18/h8,10,13-14H,1-7,9H2. The molecule has 1 saturated carbocycles. The van der Waals surface area contributed by atoms with Gasteiger partial charge in [-0.1, -0.05) is 6.42 Å². The highest BCUT2D eigenvalue weighted by Gasteiger charge is 2.36. The molecule has 2 heterocycles. The van der Waals surface area contributed by atoms with Crippen molar-refractivity contribution in [2.45, 2.75) is 51.1 Å². The maximum Gasteiger partial charge on any atom is 0.137 e. The summed E-state index contributed by atoms with van der Waals surface area (Å²) in [6.07, 6.45) is 6.83. The number of Topliss-reactive ketones (excluding diaryl/α,β-unsaturated/α-hetero) is 1. The van der Waals surface area contributed by atoms with E-state index in [2.05, 4.69) is 32.3 Å². The summed E-state index contributed by atoms with van der Waals surface area (Å²) in [7, 11) is 0. The Morgan fingerprint density at radius 3 is 2.89 bits per heavy atom. The van der Waals surface area contributed by atoms with Gasteiger partial charge in [-0.15, -0.1) is 11.3 Å². The number of rotatable bonds is 3. The molecule has 0 amide bonds. The van der Waals surface area contributed by atoms with Gasteiger partial charge in [0.15, 0.2) is 0 Å². The maximum absolute atomic E-state index is 12.0. The minimum absolute atomic E-state index is 0.323. The van der Waals surface area contributed by atoms with E-state index < -0.39 is 0 Å². The molecule has 1 aliphatic heterocycles. The minimum atomic E-state index is 0.323. The van der Waals surface area contributed by atoms with E-state index >= 15 is 0 Å². The Bertz CT molecular complexity index is 459. The highest BCUT2D eigenvalue weighted by atomic mass is 79.9. The second-order valence-electron chi connectivity index (χ2n) is 5.73. The van der Waals surface area contributed by atoms with Crippen LogP contribution in [0.15, 0.2) is 15.9 Å². The molecule has 0 aromatic carbocycles. The summed E-state index contributed by atoms with van der Waals surface area (Å²) in [5.41, 5.74) is 0. The first-order valence-electron chi connectivity index (χ1n) is 7.24. The number of carbonyl (C=O) groups is 1. The van der Waals surface area contributed by atoms with E-state index in [1.165, 1.54) is 28.6 Å². The summed E-state index contributed by atoms with van der Waals surface area (Å²) >= 11 is 5.34. The van der Waals surface area contributed by atoms with Gasteiger partial charge in [-0.25, -0.2) is 0 Å². The van der Waals surface area contributed by atoms with Crippen molar-refractivity contribution < 1.29 is 4.79 Å². The van der Waals surface area contributed by atoms with E-state index in [4.69, 9.17) is 0 Å². The Balaban J connectivity index is 1.71. The molecular weight excluding hydrogens is 322 g/mol. The summed E-state index contributed by atoms with van der Waals surface area (Å²) in [5.74, 6) is 0.841. The van der Waals surface area contributed by atoms with Crippen LogP contribution in [0.25, 0.3) is 0 Å². The lowest BCUT2D eigenvalue weighted by Gasteiger charge is -2.38. The Labute approximate surface area is 127 Å². The smallest absolute Gasteiger partial charge is 0.137 e. The van der Waals surface area contributed by atoms with E-state index in [0.717, 1.165) is 32.4 Å². The van der Waals surface area contributed by atoms with E-state index in [1.54, 1.807) is 0 Å². The van der Waals surface area contributed by atoms with E-state index in [-0.39, 0.29) is 0 Å². The molecule has 0 spiro atoms. The molecule has 2 unspecified atom stereocenters. The third kappa shape index (κ3) is 3.11. The molecule has 2 aliphatic rings. The van der Waals surface area contributed by atoms with Crippen molar-refractivity contribution >= 4 is 33.0 Å². The predicted molar refractivity (Wildman–Crippen MR) is 82.4 cm³/mol. The molecule has 1 saturated heterocycles. The Morgan fingerprint density at radius 1 is 1.32 bits per heavy atom. The number of thiophene rings is 1. The highest BCUT2D eigenvalue weighted by Crippen LogP contribution is 2.34. The number of halogens is 1. The number of carbonyl (C=O) groups excluding carboxylic acids is 1. The SMILES string of the molecule is O=C1CCCC1C1CCCCN1Cc1cc(Br)cs1. The first kappa shape index (κ1) is 13.8. The van der Waals surface area contributed by atoms with E-state index in [9.17, 15) is 4.79 Å². The highest BCUT2D eigenvalue weighted by molar-refractivity contribution is 9.10. The maximum atomic E-state index is 12.0. The topological polar surface area (TPSA) is 20.3 Å². The number of nitrogens with zero attached hydrogens (tertiary/aromatic N) is 1. The molecule has 1 aromatic heterocycles. The summed E-state index contributed by atoms with van der Waals surface area (Å²) < 4.78 is 1.18. The quantitative estimate of drug-likeness (QED) is 0.819. The zero-order valence-corrected chi connectivity index (χ0v) is 13.5. The van der Waals surface area contributed by atoms with E-state index in [0.29, 0.717) is 17.7 Å². The van der Waals surface area contributed by atoms with Crippen LogP contribution in [0.2, 0.25) is 0 Å². The molecule has 2 nitrogen and oxygen atoms in total. The normalized spacial score (nSPS) is 29.0. The van der Waals surface area contributed by atoms with Gasteiger partial charge in [-0.05, 0) is 54.2 Å². The third-order valence-corrected chi connectivity index (χ3v) is 6.14. The molecule has 19 heavy (non-hydrogen) atoms. The largest absolute Gasteiger partial charge is 0.299 e. The molecule has 1 aromatic rings. The lowest BCUT2D eigenvalue weighted by molar-refractivity contribution is -0.123. The van der Waals surface area contributed by atoms with Gasteiger partial charge in [0.2, 0.25) is 0 Å². The number of piperidine rings is 1. The summed E-state index contributed by atoms with van der Waals surface area (Å²) in [5, 5.41) is 2.15. The van der Waals surface area contributed by atoms with Gasteiger partial charge >= 0.3 is 0 Å². The van der Waals surface area contributed by atoms with Crippen molar-refractivity contribution in [3.05, 3.63) is 20.8 Å². The monoisotopic (exact) mass is 341 g/mol. The zero-order chi connectivity index (χ0) is 13.2. The van der Waals surface area contributed by atoms with Crippen molar-refractivity contribution in [1.82, 2.24) is 4.90 Å². The first-order chi connectivity index (χ1) is 9.24. The Hall–Kier alpha value is -0.190. The average Bonchev–Trinajstić information content (AvgIpc) is 2.99. The van der Waals surface area contributed by atoms with Crippen LogP contribution in [0, 0.1) is 5.92 Å². The van der Waals surface area contributed by atoms with Gasteiger partial charge in [0.05, 0.1) is 0 Å². The van der Waals surface area contributed by atoms with Crippen LogP contribution in [0.5, 0.6) is 0 Å². The Morgan fingerprint density at radius 2 is 2.21 bits per heavy atom. The molecule has 0 radical (unpaired) electrons. The number of hydrogen-bond acceptors (Lipinski definition) is 3. The van der Waals surface area contributed by atoms with Crippen LogP contribution in [0.4, 0.5) is 0 Å². The molecule has 0 N–H and O–H groups in total. The fourth-order valence-corrected chi connectivity index (χ4v) is 5.03. The second kappa shape index (κ2) is 6.06. The third-order valence-electron chi connectivity index (χ3n) is 4.46. The van der Waals surface area contributed by atoms with Crippen LogP contribution in [-0.2, 0) is 11.3 Å². The van der Waals surface area contributed by atoms with Crippen LogP contribution in [0.1, 0.15) is 43.4 Å². The Kier molecular flexibility index (Phi) is 4.40. The fourth-order valence-electron chi connectivity index (χ4n) is 3.56. The summed E-state index contributed by atoms with van der Waals surface area (Å²) in [4.78, 5) is 16.0. The molecule has 4 heteroatoms. The molecule has 2 fully saturated rings. The van der Waals surface area contributed by atoms with Gasteiger partial charge in [-0.3, -0.25) is 9.69 Å². The van der Waals surface area contributed by atoms with Gasteiger partial charge < -0.3 is 0 Å². The molecule has 3 rings (SSSR count). The lowest BCUT2D eigenvalue weighted by atomic mass is 9.88. The fraction of sp³-hybridized carbons (Fsp3) is 0.667. The van der Waals surface area contributed by atoms with Gasteiger partial charge in [-0.2, -0.15) is 0 Å². The first-order valence-corrected chi connectivity index (χ1v) is 8.91. The lowest BCUT2D eigenvalue weighted by Crippen LogP contribution is -2.44. The molecular formula is C15H20BrNOS. The van der Waals surface area contributed by atoms with Crippen molar-refractivity contribution in [3.63, 3.8) is 0 Å². The zero-order valence-electron chi connectivity index (χ0n) is 11.1. The number of likely N-dealkylation sites (tertiary alicyclic amines) is 1. The van der Waals surface area contributed by atoms with Gasteiger partial charge in [0.1, 0.15) is 5.78 Å². The van der Waals surface area contributed by atoms with E-state index in [1.807, 2.05) is 11.3 Å². The van der Waals surface area contributed by atoms with Crippen LogP contribution in [-0.4, -0.2) is 23.3 Å². The van der Waals surface area contributed by atoms with Crippen LogP contribution >= 0.6 is 27.3 Å². The summed E-state index contributed by atoms with van der Waals surface area (Å²) in [6, 6.07) is 2.72. The number of hydrogen-bond donors (Lipinski definition) is 0. The predicted octanol–water partition coefficient (Wildman–Crippen LogP) is 4.23. The van der Waals surface area contributed by atoms with Crippen LogP contribution in [0.3, 0.4) is 0 Å². The molecule has 1 aliphatic carbocycles. The number of ketones is 1. The second-order valence-corrected chi connectivity index (χ2v) is 7.64. The van der Waals surface area contributed by atoms with Gasteiger partial charge in [0, 0.05) is 39.7 Å². The van der Waals surface area contributed by atoms with Gasteiger partial charge in [0.25, 0.3) is 0 Å². The van der Waals surface area contributed by atoms with Crippen molar-refractivity contribution in [2.75, 3.05) is 6.54 Å². The average molecular weight is 342 g/mol. The summed E-state index contributed by atoms with van der Waals surface area (Å²) in [6.45, 7) is 2.18. The van der Waals surface area contributed by atoms with Crippen molar-refractivity contribution in [3.8, 4) is 0 Å². The van der Waals surface area contributed by atoms with Crippen LogP contribution < -0.4 is 0 Å². The molecule has 104 valence electrons. The molecule has 0 bridgehead atoms. The van der Waals surface area contributed by atoms with Crippen molar-refractivity contribution in [1.29, 1.82) is 0 Å². The minimum Gasteiger partial charge on any atom is -0.299 e.